The molecule has 0 aliphatic heterocycles. The molecule has 0 saturated heterocycles. The first-order valence-corrected chi connectivity index (χ1v) is 6.75. The van der Waals surface area contributed by atoms with Crippen LogP contribution < -0.4 is 5.32 Å². The van der Waals surface area contributed by atoms with Gasteiger partial charge in [-0.15, -0.1) is 0 Å². The molecule has 0 spiro atoms. The van der Waals surface area contributed by atoms with Crippen LogP contribution in [0.1, 0.15) is 30.1 Å². The summed E-state index contributed by atoms with van der Waals surface area (Å²) in [6.07, 6.45) is 1.57. The summed E-state index contributed by atoms with van der Waals surface area (Å²) in [5.74, 6) is -0.0787. The molecule has 1 amide bonds. The zero-order chi connectivity index (χ0) is 13.5. The van der Waals surface area contributed by atoms with Crippen molar-refractivity contribution < 1.29 is 15.0 Å². The minimum atomic E-state index is -0.295. The number of carbonyl (C=O) groups excluding carboxylic acids is 1. The molecule has 1 aromatic carbocycles. The number of rotatable bonds is 6. The van der Waals surface area contributed by atoms with Crippen molar-refractivity contribution in [1.82, 2.24) is 5.32 Å². The Kier molecular flexibility index (Phi) is 6.15. The van der Waals surface area contributed by atoms with Gasteiger partial charge in [0.25, 0.3) is 5.91 Å². The maximum atomic E-state index is 11.9. The fourth-order valence-electron chi connectivity index (χ4n) is 1.66. The van der Waals surface area contributed by atoms with Crippen LogP contribution in [0.4, 0.5) is 0 Å². The molecule has 0 heterocycles. The van der Waals surface area contributed by atoms with Crippen molar-refractivity contribution in [2.24, 2.45) is 5.92 Å². The number of phenols is 1. The maximum absolute atomic E-state index is 11.9. The van der Waals surface area contributed by atoms with Gasteiger partial charge < -0.3 is 15.5 Å². The molecule has 3 N–H and O–H groups in total. The molecule has 0 saturated carbocycles. The molecule has 1 unspecified atom stereocenters. The molecule has 18 heavy (non-hydrogen) atoms. The summed E-state index contributed by atoms with van der Waals surface area (Å²) in [5.41, 5.74) is 0.261. The van der Waals surface area contributed by atoms with Crippen LogP contribution in [0.5, 0.6) is 5.75 Å². The second-order valence-electron chi connectivity index (χ2n) is 4.16. The molecule has 0 aliphatic carbocycles. The number of benzene rings is 1. The summed E-state index contributed by atoms with van der Waals surface area (Å²) in [5, 5.41) is 21.3. The van der Waals surface area contributed by atoms with Gasteiger partial charge in [-0.25, -0.2) is 0 Å². The standard InChI is InChI=1S/C13H18BrNO3/c1-2-9(5-6-16)8-15-13(18)11-4-3-10(14)7-12(11)17/h3-4,7,9,16-17H,2,5-6,8H2,1H3,(H,15,18). The Morgan fingerprint density at radius 1 is 1.50 bits per heavy atom. The molecule has 0 bridgehead atoms. The first-order valence-electron chi connectivity index (χ1n) is 5.96. The van der Waals surface area contributed by atoms with E-state index in [9.17, 15) is 9.90 Å². The minimum Gasteiger partial charge on any atom is -0.507 e. The highest BCUT2D eigenvalue weighted by atomic mass is 79.9. The lowest BCUT2D eigenvalue weighted by Crippen LogP contribution is -2.29. The third-order valence-corrected chi connectivity index (χ3v) is 3.36. The van der Waals surface area contributed by atoms with Crippen molar-refractivity contribution >= 4 is 21.8 Å². The fraction of sp³-hybridized carbons (Fsp3) is 0.462. The lowest BCUT2D eigenvalue weighted by atomic mass is 10.0. The van der Waals surface area contributed by atoms with Crippen LogP contribution >= 0.6 is 15.9 Å². The Hall–Kier alpha value is -1.07. The second kappa shape index (κ2) is 7.38. The molecule has 4 nitrogen and oxygen atoms in total. The van der Waals surface area contributed by atoms with E-state index in [4.69, 9.17) is 5.11 Å². The van der Waals surface area contributed by atoms with Gasteiger partial charge in [-0.3, -0.25) is 4.79 Å². The van der Waals surface area contributed by atoms with Gasteiger partial charge in [-0.2, -0.15) is 0 Å². The van der Waals surface area contributed by atoms with Crippen molar-refractivity contribution in [3.8, 4) is 5.75 Å². The summed E-state index contributed by atoms with van der Waals surface area (Å²) in [6.45, 7) is 2.65. The van der Waals surface area contributed by atoms with Gasteiger partial charge in [0.2, 0.25) is 0 Å². The summed E-state index contributed by atoms with van der Waals surface area (Å²) in [7, 11) is 0. The summed E-state index contributed by atoms with van der Waals surface area (Å²) < 4.78 is 0.725. The highest BCUT2D eigenvalue weighted by Gasteiger charge is 2.13. The average Bonchev–Trinajstić information content (AvgIpc) is 2.34. The van der Waals surface area contributed by atoms with Gasteiger partial charge in [-0.05, 0) is 30.5 Å². The van der Waals surface area contributed by atoms with Crippen molar-refractivity contribution in [2.75, 3.05) is 13.2 Å². The average molecular weight is 316 g/mol. The SMILES string of the molecule is CCC(CCO)CNC(=O)c1ccc(Br)cc1O. The van der Waals surface area contributed by atoms with E-state index in [1.54, 1.807) is 12.1 Å². The number of aromatic hydroxyl groups is 1. The van der Waals surface area contributed by atoms with E-state index >= 15 is 0 Å². The largest absolute Gasteiger partial charge is 0.507 e. The van der Waals surface area contributed by atoms with Crippen molar-refractivity contribution in [3.05, 3.63) is 28.2 Å². The number of aliphatic hydroxyl groups excluding tert-OH is 1. The molecule has 0 fully saturated rings. The Labute approximate surface area is 115 Å². The van der Waals surface area contributed by atoms with Crippen molar-refractivity contribution in [3.63, 3.8) is 0 Å². The van der Waals surface area contributed by atoms with Gasteiger partial charge in [0, 0.05) is 17.6 Å². The van der Waals surface area contributed by atoms with Crippen LogP contribution in [0.25, 0.3) is 0 Å². The maximum Gasteiger partial charge on any atom is 0.255 e. The topological polar surface area (TPSA) is 69.6 Å². The summed E-state index contributed by atoms with van der Waals surface area (Å²) in [4.78, 5) is 11.9. The number of amides is 1. The molecule has 0 aliphatic rings. The van der Waals surface area contributed by atoms with E-state index in [0.29, 0.717) is 13.0 Å². The first kappa shape index (κ1) is 15.0. The number of hydrogen-bond acceptors (Lipinski definition) is 3. The monoisotopic (exact) mass is 315 g/mol. The zero-order valence-electron chi connectivity index (χ0n) is 10.3. The lowest BCUT2D eigenvalue weighted by Gasteiger charge is -2.14. The Bertz CT molecular complexity index is 409. The molecule has 5 heteroatoms. The van der Waals surface area contributed by atoms with Crippen LogP contribution in [0.2, 0.25) is 0 Å². The van der Waals surface area contributed by atoms with Gasteiger partial charge in [0.1, 0.15) is 5.75 Å². The molecule has 0 radical (unpaired) electrons. The second-order valence-corrected chi connectivity index (χ2v) is 5.07. The molecule has 1 rings (SSSR count). The number of aliphatic hydroxyl groups is 1. The normalized spacial score (nSPS) is 12.2. The van der Waals surface area contributed by atoms with Gasteiger partial charge >= 0.3 is 0 Å². The molecule has 1 atom stereocenters. The molecule has 0 aromatic heterocycles. The van der Waals surface area contributed by atoms with Crippen LogP contribution in [-0.2, 0) is 0 Å². The number of halogens is 1. The molecular formula is C13H18BrNO3. The molecule has 100 valence electrons. The number of hydrogen-bond donors (Lipinski definition) is 3. The van der Waals surface area contributed by atoms with E-state index in [1.807, 2.05) is 6.92 Å². The third kappa shape index (κ3) is 4.31. The van der Waals surface area contributed by atoms with Gasteiger partial charge in [0.05, 0.1) is 5.56 Å². The highest BCUT2D eigenvalue weighted by Crippen LogP contribution is 2.22. The third-order valence-electron chi connectivity index (χ3n) is 2.87. The van der Waals surface area contributed by atoms with Crippen molar-refractivity contribution in [2.45, 2.75) is 19.8 Å². The number of carbonyl (C=O) groups is 1. The van der Waals surface area contributed by atoms with Crippen LogP contribution in [-0.4, -0.2) is 29.3 Å². The van der Waals surface area contributed by atoms with E-state index in [0.717, 1.165) is 10.9 Å². The van der Waals surface area contributed by atoms with E-state index in [1.165, 1.54) is 6.07 Å². The summed E-state index contributed by atoms with van der Waals surface area (Å²) in [6, 6.07) is 4.77. The quantitative estimate of drug-likeness (QED) is 0.754. The molecular weight excluding hydrogens is 298 g/mol. The smallest absolute Gasteiger partial charge is 0.255 e. The van der Waals surface area contributed by atoms with Crippen LogP contribution in [0.3, 0.4) is 0 Å². The predicted molar refractivity (Wildman–Crippen MR) is 73.6 cm³/mol. The minimum absolute atomic E-state index is 0.0444. The van der Waals surface area contributed by atoms with Crippen LogP contribution in [0.15, 0.2) is 22.7 Å². The van der Waals surface area contributed by atoms with E-state index in [2.05, 4.69) is 21.2 Å². The highest BCUT2D eigenvalue weighted by molar-refractivity contribution is 9.10. The predicted octanol–water partition coefficient (Wildman–Crippen LogP) is 2.29. The van der Waals surface area contributed by atoms with E-state index < -0.39 is 0 Å². The zero-order valence-corrected chi connectivity index (χ0v) is 11.9. The number of nitrogens with one attached hydrogen (secondary N) is 1. The van der Waals surface area contributed by atoms with Gasteiger partial charge in [0.15, 0.2) is 0 Å². The first-order chi connectivity index (χ1) is 8.58. The fourth-order valence-corrected chi connectivity index (χ4v) is 2.01. The van der Waals surface area contributed by atoms with Crippen molar-refractivity contribution in [1.29, 1.82) is 0 Å². The lowest BCUT2D eigenvalue weighted by molar-refractivity contribution is 0.0941. The van der Waals surface area contributed by atoms with Gasteiger partial charge in [-0.1, -0.05) is 29.3 Å². The Morgan fingerprint density at radius 2 is 2.22 bits per heavy atom. The number of phenolic OH excluding ortho intramolecular Hbond substituents is 1. The summed E-state index contributed by atoms with van der Waals surface area (Å²) >= 11 is 3.22. The molecule has 1 aromatic rings. The van der Waals surface area contributed by atoms with E-state index in [-0.39, 0.29) is 29.7 Å². The van der Waals surface area contributed by atoms with Crippen LogP contribution in [0, 0.1) is 5.92 Å². The Morgan fingerprint density at radius 3 is 2.78 bits per heavy atom. The Balaban J connectivity index is 2.59.